The summed E-state index contributed by atoms with van der Waals surface area (Å²) in [6, 6.07) is 1.82. The maximum Gasteiger partial charge on any atom is 0.309 e. The van der Waals surface area contributed by atoms with Crippen LogP contribution in [0.1, 0.15) is 44.3 Å². The summed E-state index contributed by atoms with van der Waals surface area (Å²) in [4.78, 5) is 36.8. The zero-order valence-electron chi connectivity index (χ0n) is 15.0. The van der Waals surface area contributed by atoms with Gasteiger partial charge in [0.2, 0.25) is 0 Å². The van der Waals surface area contributed by atoms with E-state index < -0.39 is 6.10 Å². The molecule has 7 nitrogen and oxygen atoms in total. The molecule has 0 radical (unpaired) electrons. The normalized spacial score (nSPS) is 42.6. The highest BCUT2D eigenvalue weighted by Crippen LogP contribution is 2.57. The predicted molar refractivity (Wildman–Crippen MR) is 88.9 cm³/mol. The Labute approximate surface area is 156 Å². The highest BCUT2D eigenvalue weighted by molar-refractivity contribution is 5.77. The van der Waals surface area contributed by atoms with Gasteiger partial charge in [-0.3, -0.25) is 14.4 Å². The second kappa shape index (κ2) is 6.11. The van der Waals surface area contributed by atoms with Crippen LogP contribution in [-0.2, 0) is 28.6 Å². The minimum Gasteiger partial charge on any atom is -0.472 e. The molecule has 2 saturated carbocycles. The van der Waals surface area contributed by atoms with E-state index >= 15 is 0 Å². The van der Waals surface area contributed by atoms with Crippen molar-refractivity contribution >= 4 is 17.9 Å². The monoisotopic (exact) mass is 374 g/mol. The SMILES string of the molecule is CC(=O)O[C@H]1C[C@H]2C(=O)O[C@H](c3ccoc3)C[C@H]2[C@@H]2C[C@@H]3C[C@@H](C(=O)O3)[C@H]21. The number of fused-ring (bicyclic) bond motifs is 6. The minimum atomic E-state index is -0.441. The lowest BCUT2D eigenvalue weighted by Gasteiger charge is -2.51. The van der Waals surface area contributed by atoms with Crippen LogP contribution >= 0.6 is 0 Å². The summed E-state index contributed by atoms with van der Waals surface area (Å²) < 4.78 is 21.9. The van der Waals surface area contributed by atoms with Gasteiger partial charge in [0.25, 0.3) is 0 Å². The van der Waals surface area contributed by atoms with Gasteiger partial charge in [-0.05, 0) is 43.6 Å². The molecule has 2 bridgehead atoms. The molecule has 0 N–H and O–H groups in total. The number of carbonyl (C=O) groups is 3. The third-order valence-corrected chi connectivity index (χ3v) is 6.86. The Morgan fingerprint density at radius 3 is 2.59 bits per heavy atom. The van der Waals surface area contributed by atoms with Crippen molar-refractivity contribution in [1.29, 1.82) is 0 Å². The zero-order valence-corrected chi connectivity index (χ0v) is 15.0. The highest BCUT2D eigenvalue weighted by atomic mass is 16.6. The number of hydrogen-bond donors (Lipinski definition) is 0. The third-order valence-electron chi connectivity index (χ3n) is 6.86. The van der Waals surface area contributed by atoms with Gasteiger partial charge >= 0.3 is 17.9 Å². The molecule has 0 aromatic carbocycles. The zero-order chi connectivity index (χ0) is 18.7. The van der Waals surface area contributed by atoms with Crippen molar-refractivity contribution in [2.75, 3.05) is 0 Å². The van der Waals surface area contributed by atoms with Crippen LogP contribution in [0.2, 0.25) is 0 Å². The van der Waals surface area contributed by atoms with Gasteiger partial charge in [0.1, 0.15) is 18.3 Å². The first-order valence-electron chi connectivity index (χ1n) is 9.61. The Morgan fingerprint density at radius 1 is 1.04 bits per heavy atom. The number of hydrogen-bond acceptors (Lipinski definition) is 7. The number of ether oxygens (including phenoxy) is 3. The first-order chi connectivity index (χ1) is 13.0. The van der Waals surface area contributed by atoms with Gasteiger partial charge in [0.05, 0.1) is 24.4 Å². The van der Waals surface area contributed by atoms with Crippen LogP contribution in [-0.4, -0.2) is 30.1 Å². The summed E-state index contributed by atoms with van der Waals surface area (Å²) in [5.74, 6) is -1.28. The molecule has 1 aromatic rings. The minimum absolute atomic E-state index is 0.0858. The van der Waals surface area contributed by atoms with Gasteiger partial charge < -0.3 is 18.6 Å². The smallest absolute Gasteiger partial charge is 0.309 e. The fourth-order valence-electron chi connectivity index (χ4n) is 5.91. The fraction of sp³-hybridized carbons (Fsp3) is 0.650. The van der Waals surface area contributed by atoms with E-state index in [1.807, 2.05) is 6.07 Å². The first kappa shape index (κ1) is 16.8. The summed E-state index contributed by atoms with van der Waals surface area (Å²) in [5, 5.41) is 0. The van der Waals surface area contributed by atoms with Crippen molar-refractivity contribution in [3.8, 4) is 0 Å². The maximum absolute atomic E-state index is 12.8. The van der Waals surface area contributed by atoms with Crippen LogP contribution in [0.15, 0.2) is 23.0 Å². The van der Waals surface area contributed by atoms with E-state index in [1.54, 1.807) is 12.5 Å². The molecule has 4 aliphatic rings. The summed E-state index contributed by atoms with van der Waals surface area (Å²) in [6.45, 7) is 1.37. The van der Waals surface area contributed by atoms with Crippen LogP contribution in [0.25, 0.3) is 0 Å². The van der Waals surface area contributed by atoms with E-state index in [4.69, 9.17) is 18.6 Å². The molecule has 4 fully saturated rings. The Bertz CT molecular complexity index is 769. The second-order valence-corrected chi connectivity index (χ2v) is 8.25. The number of rotatable bonds is 2. The Balaban J connectivity index is 1.48. The van der Waals surface area contributed by atoms with Gasteiger partial charge in [0, 0.05) is 18.4 Å². The second-order valence-electron chi connectivity index (χ2n) is 8.25. The van der Waals surface area contributed by atoms with Crippen molar-refractivity contribution in [3.63, 3.8) is 0 Å². The van der Waals surface area contributed by atoms with Gasteiger partial charge in [-0.1, -0.05) is 0 Å². The molecule has 5 rings (SSSR count). The predicted octanol–water partition coefficient (Wildman–Crippen LogP) is 2.40. The lowest BCUT2D eigenvalue weighted by atomic mass is 9.55. The third kappa shape index (κ3) is 2.66. The van der Waals surface area contributed by atoms with E-state index in [0.717, 1.165) is 12.0 Å². The molecule has 0 amide bonds. The van der Waals surface area contributed by atoms with Crippen molar-refractivity contribution in [2.24, 2.45) is 29.6 Å². The van der Waals surface area contributed by atoms with Gasteiger partial charge in [0.15, 0.2) is 0 Å². The van der Waals surface area contributed by atoms with E-state index in [0.29, 0.717) is 19.3 Å². The van der Waals surface area contributed by atoms with Crippen LogP contribution < -0.4 is 0 Å². The molecule has 2 aliphatic carbocycles. The quantitative estimate of drug-likeness (QED) is 0.580. The van der Waals surface area contributed by atoms with Gasteiger partial charge in [-0.25, -0.2) is 0 Å². The molecular weight excluding hydrogens is 352 g/mol. The Morgan fingerprint density at radius 2 is 1.85 bits per heavy atom. The first-order valence-corrected chi connectivity index (χ1v) is 9.61. The molecule has 3 heterocycles. The molecule has 144 valence electrons. The van der Waals surface area contributed by atoms with E-state index in [2.05, 4.69) is 0 Å². The topological polar surface area (TPSA) is 92.0 Å². The molecule has 2 saturated heterocycles. The molecule has 7 heteroatoms. The molecule has 2 aliphatic heterocycles. The molecular formula is C20H22O7. The Hall–Kier alpha value is -2.31. The summed E-state index contributed by atoms with van der Waals surface area (Å²) in [5.41, 5.74) is 0.853. The number of carbonyl (C=O) groups excluding carboxylic acids is 3. The summed E-state index contributed by atoms with van der Waals surface area (Å²) >= 11 is 0. The highest BCUT2D eigenvalue weighted by Gasteiger charge is 2.60. The lowest BCUT2D eigenvalue weighted by Crippen LogP contribution is -2.54. The number of cyclic esters (lactones) is 1. The average molecular weight is 374 g/mol. The lowest BCUT2D eigenvalue weighted by molar-refractivity contribution is -0.189. The summed E-state index contributed by atoms with van der Waals surface area (Å²) in [6.07, 6.45) is 4.82. The van der Waals surface area contributed by atoms with E-state index in [-0.39, 0.29) is 59.7 Å². The molecule has 1 aromatic heterocycles. The van der Waals surface area contributed by atoms with Crippen LogP contribution in [0.5, 0.6) is 0 Å². The maximum atomic E-state index is 12.8. The van der Waals surface area contributed by atoms with Crippen LogP contribution in [0.3, 0.4) is 0 Å². The van der Waals surface area contributed by atoms with Gasteiger partial charge in [-0.2, -0.15) is 0 Å². The van der Waals surface area contributed by atoms with Crippen LogP contribution in [0, 0.1) is 29.6 Å². The molecule has 8 atom stereocenters. The van der Waals surface area contributed by atoms with Crippen molar-refractivity contribution in [1.82, 2.24) is 0 Å². The van der Waals surface area contributed by atoms with Crippen molar-refractivity contribution < 1.29 is 33.0 Å². The van der Waals surface area contributed by atoms with Crippen LogP contribution in [0.4, 0.5) is 0 Å². The molecule has 0 spiro atoms. The van der Waals surface area contributed by atoms with Gasteiger partial charge in [-0.15, -0.1) is 0 Å². The molecule has 0 unspecified atom stereocenters. The standard InChI is InChI=1S/C20H22O7/c1-9(21)25-17-7-14-12(6-16(27-19(14)22)10-2-3-24-8-10)13-4-11-5-15(18(13)17)20(23)26-11/h2-3,8,11-18H,4-7H2,1H3/t11-,12+,13+,14-,15-,16+,17+,18+/m1/s1. The van der Waals surface area contributed by atoms with E-state index in [9.17, 15) is 14.4 Å². The largest absolute Gasteiger partial charge is 0.472 e. The number of furan rings is 1. The number of esters is 3. The Kier molecular flexibility index (Phi) is 3.81. The molecule has 27 heavy (non-hydrogen) atoms. The fourth-order valence-corrected chi connectivity index (χ4v) is 5.91. The average Bonchev–Trinajstić information content (AvgIpc) is 3.24. The summed E-state index contributed by atoms with van der Waals surface area (Å²) in [7, 11) is 0. The van der Waals surface area contributed by atoms with Crippen molar-refractivity contribution in [2.45, 2.75) is 50.9 Å². The van der Waals surface area contributed by atoms with E-state index in [1.165, 1.54) is 6.92 Å². The van der Waals surface area contributed by atoms with Crippen molar-refractivity contribution in [3.05, 3.63) is 24.2 Å².